The van der Waals surface area contributed by atoms with E-state index >= 15 is 0 Å². The van der Waals surface area contributed by atoms with E-state index in [-0.39, 0.29) is 23.3 Å². The van der Waals surface area contributed by atoms with Crippen LogP contribution in [-0.2, 0) is 20.9 Å². The number of carbonyl (C=O) groups excluding carboxylic acids is 2. The maximum absolute atomic E-state index is 13.1. The maximum atomic E-state index is 13.1. The Bertz CT molecular complexity index is 630. The third-order valence-corrected chi connectivity index (χ3v) is 5.78. The van der Waals surface area contributed by atoms with Crippen molar-refractivity contribution in [3.05, 3.63) is 30.1 Å². The molecule has 0 N–H and O–H groups in total. The molecule has 3 heterocycles. The Balaban J connectivity index is 1.65. The number of rotatable bonds is 5. The van der Waals surface area contributed by atoms with Crippen molar-refractivity contribution < 1.29 is 14.3 Å². The van der Waals surface area contributed by atoms with Gasteiger partial charge in [0.05, 0.1) is 30.4 Å². The van der Waals surface area contributed by atoms with Gasteiger partial charge in [-0.05, 0) is 31.4 Å². The lowest BCUT2D eigenvalue weighted by Crippen LogP contribution is -2.56. The first-order valence-electron chi connectivity index (χ1n) is 9.67. The molecule has 1 unspecified atom stereocenters. The molecule has 2 amide bonds. The SMILES string of the molecule is CCC1(CC)CN(C(=O)C2CCC(=O)N(Cc3ccccn3)C2)CCO1. The van der Waals surface area contributed by atoms with Gasteiger partial charge in [-0.2, -0.15) is 0 Å². The molecule has 1 aromatic heterocycles. The molecule has 2 aliphatic heterocycles. The first-order chi connectivity index (χ1) is 12.6. The number of morpholine rings is 1. The molecule has 0 spiro atoms. The minimum Gasteiger partial charge on any atom is -0.371 e. The average Bonchev–Trinajstić information content (AvgIpc) is 2.70. The molecular formula is C20H29N3O3. The summed E-state index contributed by atoms with van der Waals surface area (Å²) in [6.07, 6.45) is 4.61. The Kier molecular flexibility index (Phi) is 5.91. The van der Waals surface area contributed by atoms with Crippen LogP contribution in [0.25, 0.3) is 0 Å². The first kappa shape index (κ1) is 18.8. The summed E-state index contributed by atoms with van der Waals surface area (Å²) in [7, 11) is 0. The summed E-state index contributed by atoms with van der Waals surface area (Å²) < 4.78 is 5.98. The second kappa shape index (κ2) is 8.16. The molecule has 2 fully saturated rings. The number of piperidine rings is 1. The molecule has 2 aliphatic rings. The van der Waals surface area contributed by atoms with E-state index in [2.05, 4.69) is 18.8 Å². The predicted molar refractivity (Wildman–Crippen MR) is 98.2 cm³/mol. The highest BCUT2D eigenvalue weighted by atomic mass is 16.5. The molecule has 2 saturated heterocycles. The number of likely N-dealkylation sites (tertiary alicyclic amines) is 1. The molecule has 0 aliphatic carbocycles. The lowest BCUT2D eigenvalue weighted by atomic mass is 9.92. The van der Waals surface area contributed by atoms with Gasteiger partial charge in [0, 0.05) is 32.3 Å². The number of hydrogen-bond donors (Lipinski definition) is 0. The number of nitrogens with zero attached hydrogens (tertiary/aromatic N) is 3. The lowest BCUT2D eigenvalue weighted by Gasteiger charge is -2.44. The van der Waals surface area contributed by atoms with Crippen LogP contribution in [0.5, 0.6) is 0 Å². The van der Waals surface area contributed by atoms with Gasteiger partial charge >= 0.3 is 0 Å². The van der Waals surface area contributed by atoms with E-state index in [1.165, 1.54) is 0 Å². The van der Waals surface area contributed by atoms with Gasteiger partial charge in [-0.25, -0.2) is 0 Å². The summed E-state index contributed by atoms with van der Waals surface area (Å²) in [5, 5.41) is 0. The molecule has 0 bridgehead atoms. The minimum atomic E-state index is -0.216. The van der Waals surface area contributed by atoms with Gasteiger partial charge in [0.25, 0.3) is 0 Å². The van der Waals surface area contributed by atoms with Gasteiger partial charge in [0.1, 0.15) is 0 Å². The van der Waals surface area contributed by atoms with Crippen LogP contribution in [0.15, 0.2) is 24.4 Å². The fourth-order valence-corrected chi connectivity index (χ4v) is 3.93. The Labute approximate surface area is 155 Å². The second-order valence-corrected chi connectivity index (χ2v) is 7.33. The largest absolute Gasteiger partial charge is 0.371 e. The molecule has 0 radical (unpaired) electrons. The molecule has 0 aromatic carbocycles. The van der Waals surface area contributed by atoms with E-state index in [4.69, 9.17) is 4.74 Å². The third kappa shape index (κ3) is 4.06. The van der Waals surface area contributed by atoms with E-state index in [9.17, 15) is 9.59 Å². The van der Waals surface area contributed by atoms with Crippen LogP contribution >= 0.6 is 0 Å². The van der Waals surface area contributed by atoms with Crippen molar-refractivity contribution in [2.45, 2.75) is 51.7 Å². The van der Waals surface area contributed by atoms with Gasteiger partial charge in [-0.1, -0.05) is 19.9 Å². The number of amides is 2. The van der Waals surface area contributed by atoms with Crippen molar-refractivity contribution in [1.82, 2.24) is 14.8 Å². The first-order valence-corrected chi connectivity index (χ1v) is 9.67. The van der Waals surface area contributed by atoms with E-state index in [0.717, 1.165) is 18.5 Å². The molecule has 6 heteroatoms. The van der Waals surface area contributed by atoms with Crippen molar-refractivity contribution >= 4 is 11.8 Å². The number of carbonyl (C=O) groups is 2. The van der Waals surface area contributed by atoms with E-state index in [0.29, 0.717) is 45.6 Å². The van der Waals surface area contributed by atoms with Crippen molar-refractivity contribution in [3.8, 4) is 0 Å². The molecule has 3 rings (SSSR count). The van der Waals surface area contributed by atoms with Crippen LogP contribution in [0.2, 0.25) is 0 Å². The maximum Gasteiger partial charge on any atom is 0.227 e. The quantitative estimate of drug-likeness (QED) is 0.809. The van der Waals surface area contributed by atoms with Gasteiger partial charge in [-0.15, -0.1) is 0 Å². The zero-order chi connectivity index (χ0) is 18.6. The van der Waals surface area contributed by atoms with Gasteiger partial charge < -0.3 is 14.5 Å². The van der Waals surface area contributed by atoms with Crippen LogP contribution in [0, 0.1) is 5.92 Å². The lowest BCUT2D eigenvalue weighted by molar-refractivity contribution is -0.158. The normalized spacial score (nSPS) is 23.2. The number of hydrogen-bond acceptors (Lipinski definition) is 4. The molecule has 26 heavy (non-hydrogen) atoms. The minimum absolute atomic E-state index is 0.109. The van der Waals surface area contributed by atoms with Crippen LogP contribution in [0.3, 0.4) is 0 Å². The fourth-order valence-electron chi connectivity index (χ4n) is 3.93. The fraction of sp³-hybridized carbons (Fsp3) is 0.650. The van der Waals surface area contributed by atoms with Crippen molar-refractivity contribution in [1.29, 1.82) is 0 Å². The zero-order valence-corrected chi connectivity index (χ0v) is 15.8. The summed E-state index contributed by atoms with van der Waals surface area (Å²) in [5.74, 6) is 0.150. The number of aromatic nitrogens is 1. The number of ether oxygens (including phenoxy) is 1. The average molecular weight is 359 g/mol. The highest BCUT2D eigenvalue weighted by Gasteiger charge is 2.39. The van der Waals surface area contributed by atoms with Gasteiger partial charge in [-0.3, -0.25) is 14.6 Å². The van der Waals surface area contributed by atoms with E-state index < -0.39 is 0 Å². The van der Waals surface area contributed by atoms with Crippen LogP contribution < -0.4 is 0 Å². The Morgan fingerprint density at radius 3 is 2.85 bits per heavy atom. The Morgan fingerprint density at radius 2 is 2.15 bits per heavy atom. The van der Waals surface area contributed by atoms with E-state index in [1.807, 2.05) is 23.1 Å². The summed E-state index contributed by atoms with van der Waals surface area (Å²) >= 11 is 0. The van der Waals surface area contributed by atoms with Gasteiger partial charge in [0.2, 0.25) is 11.8 Å². The summed E-state index contributed by atoms with van der Waals surface area (Å²) in [5.41, 5.74) is 0.641. The predicted octanol–water partition coefficient (Wildman–Crippen LogP) is 2.24. The highest BCUT2D eigenvalue weighted by molar-refractivity contribution is 5.84. The second-order valence-electron chi connectivity index (χ2n) is 7.33. The van der Waals surface area contributed by atoms with Gasteiger partial charge in [0.15, 0.2) is 0 Å². The van der Waals surface area contributed by atoms with Crippen LogP contribution in [0.4, 0.5) is 0 Å². The molecule has 0 saturated carbocycles. The topological polar surface area (TPSA) is 62.7 Å². The van der Waals surface area contributed by atoms with Crippen molar-refractivity contribution in [2.75, 3.05) is 26.2 Å². The monoisotopic (exact) mass is 359 g/mol. The van der Waals surface area contributed by atoms with Crippen molar-refractivity contribution in [3.63, 3.8) is 0 Å². The van der Waals surface area contributed by atoms with E-state index in [1.54, 1.807) is 11.1 Å². The van der Waals surface area contributed by atoms with Crippen LogP contribution in [0.1, 0.15) is 45.2 Å². The Hall–Kier alpha value is -1.95. The Morgan fingerprint density at radius 1 is 1.35 bits per heavy atom. The van der Waals surface area contributed by atoms with Crippen LogP contribution in [-0.4, -0.2) is 58.4 Å². The summed E-state index contributed by atoms with van der Waals surface area (Å²) in [6.45, 7) is 7.08. The highest BCUT2D eigenvalue weighted by Crippen LogP contribution is 2.28. The molecule has 142 valence electrons. The summed E-state index contributed by atoms with van der Waals surface area (Å²) in [4.78, 5) is 33.4. The zero-order valence-electron chi connectivity index (χ0n) is 15.8. The third-order valence-electron chi connectivity index (χ3n) is 5.78. The smallest absolute Gasteiger partial charge is 0.227 e. The number of pyridine rings is 1. The summed E-state index contributed by atoms with van der Waals surface area (Å²) in [6, 6.07) is 5.69. The molecule has 1 atom stereocenters. The molecule has 1 aromatic rings. The molecular weight excluding hydrogens is 330 g/mol. The molecule has 6 nitrogen and oxygen atoms in total. The standard InChI is InChI=1S/C20H29N3O3/c1-3-20(4-2)15-22(11-12-26-20)19(25)16-8-9-18(24)23(13-16)14-17-7-5-6-10-21-17/h5-7,10,16H,3-4,8-9,11-15H2,1-2H3. The van der Waals surface area contributed by atoms with Crippen molar-refractivity contribution in [2.24, 2.45) is 5.92 Å².